The number of pyridine rings is 1. The molecule has 5 rings (SSSR count). The van der Waals surface area contributed by atoms with Crippen molar-refractivity contribution in [2.24, 2.45) is 0 Å². The summed E-state index contributed by atoms with van der Waals surface area (Å²) in [7, 11) is 1.56. The van der Waals surface area contributed by atoms with E-state index in [1.165, 1.54) is 11.4 Å². The quantitative estimate of drug-likeness (QED) is 0.264. The lowest BCUT2D eigenvalue weighted by molar-refractivity contribution is -0.133. The summed E-state index contributed by atoms with van der Waals surface area (Å²) in [6, 6.07) is 9.15. The van der Waals surface area contributed by atoms with Gasteiger partial charge >= 0.3 is 0 Å². The van der Waals surface area contributed by atoms with Gasteiger partial charge in [-0.05, 0) is 57.4 Å². The molecule has 212 valence electrons. The second-order valence-electron chi connectivity index (χ2n) is 10.1. The third-order valence-corrected chi connectivity index (χ3v) is 7.38. The number of benzene rings is 1. The van der Waals surface area contributed by atoms with Gasteiger partial charge in [-0.2, -0.15) is 9.61 Å². The standard InChI is InChI=1S/C30H32N6O5/c1-17-10-22(35(14-17)27(40)16-38)6-8-25-28(18(2)39)29(31)36-30(34-25)23(13-33-36)20-4-7-24(32-12-20)19-5-9-26(41-3)21(11-19)15-37/h4-5,7,9,11-14,22,37-38H,6,8,10,15-16,31H2,1-3H3. The molecule has 0 saturated carbocycles. The number of nitrogens with two attached hydrogens (primary N) is 1. The summed E-state index contributed by atoms with van der Waals surface area (Å²) in [5.74, 6) is 0.223. The molecule has 1 aliphatic rings. The van der Waals surface area contributed by atoms with Crippen LogP contribution in [-0.2, 0) is 17.8 Å². The Kier molecular flexibility index (Phi) is 7.82. The molecule has 11 nitrogen and oxygen atoms in total. The average Bonchev–Trinajstić information content (AvgIpc) is 3.58. The fourth-order valence-electron chi connectivity index (χ4n) is 5.38. The maximum absolute atomic E-state index is 12.6. The van der Waals surface area contributed by atoms with Crippen molar-refractivity contribution >= 4 is 23.2 Å². The van der Waals surface area contributed by atoms with Crippen molar-refractivity contribution in [3.8, 4) is 28.1 Å². The Hall–Kier alpha value is -4.61. The number of anilines is 1. The molecule has 1 aliphatic heterocycles. The summed E-state index contributed by atoms with van der Waals surface area (Å²) in [5.41, 5.74) is 12.5. The lowest BCUT2D eigenvalue weighted by Crippen LogP contribution is -2.35. The molecule has 41 heavy (non-hydrogen) atoms. The molecule has 0 bridgehead atoms. The van der Waals surface area contributed by atoms with Gasteiger partial charge in [0.1, 0.15) is 18.2 Å². The number of hydrogen-bond acceptors (Lipinski definition) is 9. The molecule has 1 amide bonds. The van der Waals surface area contributed by atoms with Crippen LogP contribution in [0.15, 0.2) is 54.5 Å². The Morgan fingerprint density at radius 1 is 1.15 bits per heavy atom. The molecule has 4 heterocycles. The lowest BCUT2D eigenvalue weighted by atomic mass is 10.0. The summed E-state index contributed by atoms with van der Waals surface area (Å²) in [5, 5.41) is 23.5. The minimum atomic E-state index is -0.566. The third-order valence-electron chi connectivity index (χ3n) is 7.38. The van der Waals surface area contributed by atoms with Gasteiger partial charge in [0.15, 0.2) is 11.4 Å². The maximum Gasteiger partial charge on any atom is 0.252 e. The van der Waals surface area contributed by atoms with E-state index >= 15 is 0 Å². The Morgan fingerprint density at radius 3 is 2.59 bits per heavy atom. The Morgan fingerprint density at radius 2 is 1.93 bits per heavy atom. The van der Waals surface area contributed by atoms with E-state index in [1.54, 1.807) is 36.7 Å². The maximum atomic E-state index is 12.6. The molecule has 11 heteroatoms. The number of rotatable bonds is 9. The van der Waals surface area contributed by atoms with Crippen molar-refractivity contribution in [2.75, 3.05) is 19.5 Å². The number of Topliss-reactive ketones (excluding diaryl/α,β-unsaturated/α-hetero) is 1. The smallest absolute Gasteiger partial charge is 0.252 e. The number of fused-ring (bicyclic) bond motifs is 1. The van der Waals surface area contributed by atoms with Crippen LogP contribution in [-0.4, -0.2) is 66.1 Å². The molecule has 0 aliphatic carbocycles. The van der Waals surface area contributed by atoms with Crippen molar-refractivity contribution in [2.45, 2.75) is 45.8 Å². The SMILES string of the molecule is COc1ccc(-c2ccc(-c3cnn4c(N)c(C(C)=O)c(CCC5CC(C)=CN5C(=O)CO)nc34)cn2)cc1CO. The summed E-state index contributed by atoms with van der Waals surface area (Å²) >= 11 is 0. The summed E-state index contributed by atoms with van der Waals surface area (Å²) < 4.78 is 6.75. The minimum absolute atomic E-state index is 0.140. The molecule has 4 N–H and O–H groups in total. The van der Waals surface area contributed by atoms with Gasteiger partial charge in [-0.3, -0.25) is 14.6 Å². The first-order valence-corrected chi connectivity index (χ1v) is 13.3. The number of ketones is 1. The monoisotopic (exact) mass is 556 g/mol. The molecule has 0 fully saturated rings. The van der Waals surface area contributed by atoms with Gasteiger partial charge in [0.2, 0.25) is 0 Å². The predicted molar refractivity (Wildman–Crippen MR) is 153 cm³/mol. The van der Waals surface area contributed by atoms with Gasteiger partial charge in [0, 0.05) is 40.7 Å². The van der Waals surface area contributed by atoms with E-state index in [1.807, 2.05) is 31.2 Å². The topological polar surface area (TPSA) is 156 Å². The highest BCUT2D eigenvalue weighted by Gasteiger charge is 2.28. The number of aliphatic hydroxyl groups excluding tert-OH is 2. The van der Waals surface area contributed by atoms with E-state index in [0.29, 0.717) is 53.0 Å². The van der Waals surface area contributed by atoms with E-state index in [9.17, 15) is 19.8 Å². The van der Waals surface area contributed by atoms with Crippen LogP contribution in [0.5, 0.6) is 5.75 Å². The van der Waals surface area contributed by atoms with E-state index in [2.05, 4.69) is 10.1 Å². The number of ether oxygens (including phenoxy) is 1. The van der Waals surface area contributed by atoms with Gasteiger partial charge in [-0.1, -0.05) is 11.6 Å². The molecule has 1 aromatic carbocycles. The zero-order valence-electron chi connectivity index (χ0n) is 23.2. The number of amides is 1. The van der Waals surface area contributed by atoms with Crippen LogP contribution in [0, 0.1) is 0 Å². The number of aliphatic hydroxyl groups is 2. The predicted octanol–water partition coefficient (Wildman–Crippen LogP) is 3.17. The van der Waals surface area contributed by atoms with Crippen LogP contribution in [0.3, 0.4) is 0 Å². The highest BCUT2D eigenvalue weighted by Crippen LogP contribution is 2.31. The molecule has 3 aromatic heterocycles. The Bertz CT molecular complexity index is 1660. The molecule has 0 radical (unpaired) electrons. The summed E-state index contributed by atoms with van der Waals surface area (Å²) in [4.78, 5) is 35.9. The second kappa shape index (κ2) is 11.5. The first-order chi connectivity index (χ1) is 19.7. The van der Waals surface area contributed by atoms with Crippen LogP contribution in [0.2, 0.25) is 0 Å². The Labute approximate surface area is 236 Å². The van der Waals surface area contributed by atoms with E-state index in [4.69, 9.17) is 15.5 Å². The van der Waals surface area contributed by atoms with Crippen molar-refractivity contribution in [3.63, 3.8) is 0 Å². The molecule has 1 atom stereocenters. The van der Waals surface area contributed by atoms with Gasteiger partial charge < -0.3 is 25.6 Å². The van der Waals surface area contributed by atoms with Crippen molar-refractivity contribution in [3.05, 3.63) is 71.3 Å². The molecular formula is C30H32N6O5. The number of aromatic nitrogens is 4. The molecule has 1 unspecified atom stereocenters. The minimum Gasteiger partial charge on any atom is -0.496 e. The molecule has 0 spiro atoms. The number of hydrogen-bond donors (Lipinski definition) is 3. The van der Waals surface area contributed by atoms with Crippen LogP contribution in [0.4, 0.5) is 5.82 Å². The Balaban J connectivity index is 1.47. The normalized spacial score (nSPS) is 14.9. The van der Waals surface area contributed by atoms with Gasteiger partial charge in [0.05, 0.1) is 36.9 Å². The fourth-order valence-corrected chi connectivity index (χ4v) is 5.38. The number of methoxy groups -OCH3 is 1. The largest absolute Gasteiger partial charge is 0.496 e. The number of nitrogens with zero attached hydrogens (tertiary/aromatic N) is 5. The third kappa shape index (κ3) is 5.29. The van der Waals surface area contributed by atoms with Gasteiger partial charge in [-0.15, -0.1) is 0 Å². The highest BCUT2D eigenvalue weighted by molar-refractivity contribution is 6.00. The molecule has 0 saturated heterocycles. The van der Waals surface area contributed by atoms with Gasteiger partial charge in [0.25, 0.3) is 5.91 Å². The van der Waals surface area contributed by atoms with Crippen molar-refractivity contribution in [1.29, 1.82) is 0 Å². The molecule has 4 aromatic rings. The van der Waals surface area contributed by atoms with E-state index < -0.39 is 6.61 Å². The average molecular weight is 557 g/mol. The second-order valence-corrected chi connectivity index (χ2v) is 10.1. The van der Waals surface area contributed by atoms with Crippen LogP contribution in [0.25, 0.3) is 28.0 Å². The number of carbonyl (C=O) groups excluding carboxylic acids is 2. The fraction of sp³-hybridized carbons (Fsp3) is 0.300. The van der Waals surface area contributed by atoms with Crippen LogP contribution >= 0.6 is 0 Å². The number of nitrogen functional groups attached to an aromatic ring is 1. The zero-order chi connectivity index (χ0) is 29.3. The summed E-state index contributed by atoms with van der Waals surface area (Å²) in [6.07, 6.45) is 6.76. The van der Waals surface area contributed by atoms with E-state index in [0.717, 1.165) is 22.4 Å². The summed E-state index contributed by atoms with van der Waals surface area (Å²) in [6.45, 7) is 2.67. The van der Waals surface area contributed by atoms with Gasteiger partial charge in [-0.25, -0.2) is 4.98 Å². The van der Waals surface area contributed by atoms with Crippen molar-refractivity contribution < 1.29 is 24.5 Å². The zero-order valence-corrected chi connectivity index (χ0v) is 23.2. The first kappa shape index (κ1) is 27.9. The highest BCUT2D eigenvalue weighted by atomic mass is 16.5. The van der Waals surface area contributed by atoms with E-state index in [-0.39, 0.29) is 30.2 Å². The number of carbonyl (C=O) groups is 2. The van der Waals surface area contributed by atoms with Crippen molar-refractivity contribution in [1.82, 2.24) is 24.5 Å². The number of aryl methyl sites for hydroxylation is 1. The lowest BCUT2D eigenvalue weighted by Gasteiger charge is -2.23. The first-order valence-electron chi connectivity index (χ1n) is 13.3. The van der Waals surface area contributed by atoms with Crippen LogP contribution in [0.1, 0.15) is 48.3 Å². The van der Waals surface area contributed by atoms with Crippen LogP contribution < -0.4 is 10.5 Å². The molecular weight excluding hydrogens is 524 g/mol.